The Labute approximate surface area is 121 Å². The van der Waals surface area contributed by atoms with Crippen LogP contribution < -0.4 is 0 Å². The zero-order valence-electron chi connectivity index (χ0n) is 11.0. The summed E-state index contributed by atoms with van der Waals surface area (Å²) in [5.74, 6) is -0.750. The topological polar surface area (TPSA) is 42.2 Å². The van der Waals surface area contributed by atoms with Crippen molar-refractivity contribution >= 4 is 28.2 Å². The number of hydrogen-bond acceptors (Lipinski definition) is 2. The zero-order valence-corrected chi connectivity index (χ0v) is 11.8. The molecule has 0 unspecified atom stereocenters. The van der Waals surface area contributed by atoms with Gasteiger partial charge in [0.15, 0.2) is 0 Å². The van der Waals surface area contributed by atoms with Gasteiger partial charge in [-0.3, -0.25) is 4.79 Å². The van der Waals surface area contributed by atoms with E-state index in [1.165, 1.54) is 10.4 Å². The van der Waals surface area contributed by atoms with Gasteiger partial charge in [0.25, 0.3) is 0 Å². The Morgan fingerprint density at radius 3 is 2.80 bits per heavy atom. The average molecular weight is 285 g/mol. The molecule has 3 rings (SSSR count). The second-order valence-electron chi connectivity index (χ2n) is 4.77. The highest BCUT2D eigenvalue weighted by Gasteiger charge is 2.10. The SMILES string of the molecule is O=C(O)CCc1cn(Cc2cccs2)c2ccccc12. The lowest BCUT2D eigenvalue weighted by Gasteiger charge is -2.02. The highest BCUT2D eigenvalue weighted by atomic mass is 32.1. The van der Waals surface area contributed by atoms with E-state index in [2.05, 4.69) is 40.4 Å². The van der Waals surface area contributed by atoms with Crippen LogP contribution in [0.4, 0.5) is 0 Å². The minimum Gasteiger partial charge on any atom is -0.481 e. The first-order valence-electron chi connectivity index (χ1n) is 6.55. The van der Waals surface area contributed by atoms with Gasteiger partial charge in [-0.1, -0.05) is 24.3 Å². The van der Waals surface area contributed by atoms with E-state index in [1.807, 2.05) is 12.1 Å². The standard InChI is InChI=1S/C16H15NO2S/c18-16(19)8-7-12-10-17(11-13-4-3-9-20-13)15-6-2-1-5-14(12)15/h1-6,9-10H,7-8,11H2,(H,18,19). The fourth-order valence-electron chi connectivity index (χ4n) is 2.46. The minimum atomic E-state index is -0.750. The van der Waals surface area contributed by atoms with Gasteiger partial charge in [-0.25, -0.2) is 0 Å². The van der Waals surface area contributed by atoms with E-state index in [-0.39, 0.29) is 6.42 Å². The second kappa shape index (κ2) is 5.51. The second-order valence-corrected chi connectivity index (χ2v) is 5.80. The number of aryl methyl sites for hydroxylation is 1. The van der Waals surface area contributed by atoms with E-state index in [4.69, 9.17) is 5.11 Å². The zero-order chi connectivity index (χ0) is 13.9. The summed E-state index contributed by atoms with van der Waals surface area (Å²) in [4.78, 5) is 12.1. The molecule has 20 heavy (non-hydrogen) atoms. The molecular weight excluding hydrogens is 270 g/mol. The van der Waals surface area contributed by atoms with Crippen LogP contribution in [-0.2, 0) is 17.8 Å². The minimum absolute atomic E-state index is 0.174. The average Bonchev–Trinajstić information content (AvgIpc) is 3.06. The lowest BCUT2D eigenvalue weighted by Crippen LogP contribution is -1.97. The number of aliphatic carboxylic acids is 1. The molecule has 0 fully saturated rings. The van der Waals surface area contributed by atoms with E-state index < -0.39 is 5.97 Å². The molecule has 2 aromatic heterocycles. The van der Waals surface area contributed by atoms with Crippen molar-refractivity contribution < 1.29 is 9.90 Å². The largest absolute Gasteiger partial charge is 0.481 e. The van der Waals surface area contributed by atoms with Gasteiger partial charge in [-0.15, -0.1) is 11.3 Å². The molecule has 0 aliphatic rings. The Balaban J connectivity index is 1.97. The van der Waals surface area contributed by atoms with Crippen molar-refractivity contribution in [2.75, 3.05) is 0 Å². The summed E-state index contributed by atoms with van der Waals surface area (Å²) in [6.45, 7) is 0.839. The molecule has 3 aromatic rings. The predicted octanol–water partition coefficient (Wildman–Crippen LogP) is 3.77. The van der Waals surface area contributed by atoms with Crippen LogP contribution in [0.25, 0.3) is 10.9 Å². The lowest BCUT2D eigenvalue weighted by molar-refractivity contribution is -0.136. The van der Waals surface area contributed by atoms with Crippen molar-refractivity contribution in [2.24, 2.45) is 0 Å². The number of carboxylic acids is 1. The Morgan fingerprint density at radius 1 is 1.20 bits per heavy atom. The van der Waals surface area contributed by atoms with Crippen LogP contribution in [0, 0.1) is 0 Å². The number of rotatable bonds is 5. The lowest BCUT2D eigenvalue weighted by atomic mass is 10.1. The van der Waals surface area contributed by atoms with Crippen LogP contribution in [0.5, 0.6) is 0 Å². The molecule has 102 valence electrons. The molecule has 0 aliphatic carbocycles. The summed E-state index contributed by atoms with van der Waals surface area (Å²) < 4.78 is 2.21. The molecule has 0 atom stereocenters. The van der Waals surface area contributed by atoms with Gasteiger partial charge >= 0.3 is 5.97 Å². The maximum absolute atomic E-state index is 10.8. The Morgan fingerprint density at radius 2 is 2.05 bits per heavy atom. The number of para-hydroxylation sites is 1. The highest BCUT2D eigenvalue weighted by Crippen LogP contribution is 2.24. The van der Waals surface area contributed by atoms with Crippen LogP contribution in [0.3, 0.4) is 0 Å². The number of nitrogens with zero attached hydrogens (tertiary/aromatic N) is 1. The van der Waals surface area contributed by atoms with Crippen LogP contribution in [-0.4, -0.2) is 15.6 Å². The molecule has 0 aliphatic heterocycles. The first kappa shape index (κ1) is 12.9. The van der Waals surface area contributed by atoms with Crippen molar-refractivity contribution in [1.29, 1.82) is 0 Å². The third-order valence-corrected chi connectivity index (χ3v) is 4.25. The highest BCUT2D eigenvalue weighted by molar-refractivity contribution is 7.09. The number of benzene rings is 1. The summed E-state index contributed by atoms with van der Waals surface area (Å²) in [6, 6.07) is 12.4. The molecule has 0 saturated heterocycles. The maximum atomic E-state index is 10.8. The fraction of sp³-hybridized carbons (Fsp3) is 0.188. The summed E-state index contributed by atoms with van der Waals surface area (Å²) >= 11 is 1.74. The van der Waals surface area contributed by atoms with E-state index in [0.717, 1.165) is 17.5 Å². The molecule has 0 bridgehead atoms. The molecule has 1 N–H and O–H groups in total. The van der Waals surface area contributed by atoms with Crippen molar-refractivity contribution in [1.82, 2.24) is 4.57 Å². The van der Waals surface area contributed by atoms with E-state index in [9.17, 15) is 4.79 Å². The van der Waals surface area contributed by atoms with Crippen molar-refractivity contribution in [3.05, 3.63) is 58.4 Å². The molecule has 0 amide bonds. The quantitative estimate of drug-likeness (QED) is 0.775. The molecule has 2 heterocycles. The Kier molecular flexibility index (Phi) is 3.56. The number of carboxylic acid groups (broad SMARTS) is 1. The number of hydrogen-bond donors (Lipinski definition) is 1. The molecule has 1 aromatic carbocycles. The molecule has 0 spiro atoms. The smallest absolute Gasteiger partial charge is 0.303 e. The van der Waals surface area contributed by atoms with Gasteiger partial charge in [0.05, 0.1) is 6.54 Å². The molecule has 0 radical (unpaired) electrons. The van der Waals surface area contributed by atoms with Gasteiger partial charge in [0.1, 0.15) is 0 Å². The van der Waals surface area contributed by atoms with Gasteiger partial charge in [0.2, 0.25) is 0 Å². The van der Waals surface area contributed by atoms with Crippen molar-refractivity contribution in [2.45, 2.75) is 19.4 Å². The van der Waals surface area contributed by atoms with Crippen molar-refractivity contribution in [3.8, 4) is 0 Å². The number of fused-ring (bicyclic) bond motifs is 1. The van der Waals surface area contributed by atoms with E-state index in [0.29, 0.717) is 6.42 Å². The Hall–Kier alpha value is -2.07. The predicted molar refractivity (Wildman–Crippen MR) is 81.3 cm³/mol. The molecule has 3 nitrogen and oxygen atoms in total. The third-order valence-electron chi connectivity index (χ3n) is 3.39. The summed E-state index contributed by atoms with van der Waals surface area (Å²) in [7, 11) is 0. The Bertz CT molecular complexity index is 728. The monoisotopic (exact) mass is 285 g/mol. The van der Waals surface area contributed by atoms with Gasteiger partial charge < -0.3 is 9.67 Å². The van der Waals surface area contributed by atoms with Crippen LogP contribution in [0.15, 0.2) is 48.0 Å². The van der Waals surface area contributed by atoms with Crippen LogP contribution in [0.2, 0.25) is 0 Å². The fourth-order valence-corrected chi connectivity index (χ4v) is 3.17. The van der Waals surface area contributed by atoms with Gasteiger partial charge in [-0.2, -0.15) is 0 Å². The van der Waals surface area contributed by atoms with Crippen molar-refractivity contribution in [3.63, 3.8) is 0 Å². The summed E-state index contributed by atoms with van der Waals surface area (Å²) in [5, 5.41) is 12.1. The number of carbonyl (C=O) groups is 1. The molecule has 4 heteroatoms. The first-order valence-corrected chi connectivity index (χ1v) is 7.43. The molecular formula is C16H15NO2S. The van der Waals surface area contributed by atoms with Gasteiger partial charge in [-0.05, 0) is 29.5 Å². The first-order chi connectivity index (χ1) is 9.74. The number of thiophene rings is 1. The van der Waals surface area contributed by atoms with Crippen LogP contribution >= 0.6 is 11.3 Å². The third kappa shape index (κ3) is 2.60. The van der Waals surface area contributed by atoms with E-state index in [1.54, 1.807) is 11.3 Å². The summed E-state index contributed by atoms with van der Waals surface area (Å²) in [6.07, 6.45) is 2.84. The molecule has 0 saturated carbocycles. The van der Waals surface area contributed by atoms with Gasteiger partial charge in [0, 0.05) is 28.4 Å². The summed E-state index contributed by atoms with van der Waals surface area (Å²) in [5.41, 5.74) is 2.28. The normalized spacial score (nSPS) is 11.0. The van der Waals surface area contributed by atoms with Crippen LogP contribution in [0.1, 0.15) is 16.9 Å². The number of aromatic nitrogens is 1. The maximum Gasteiger partial charge on any atom is 0.303 e. The van der Waals surface area contributed by atoms with E-state index >= 15 is 0 Å².